The number of benzene rings is 1. The molecule has 2 aromatic rings. The topological polar surface area (TPSA) is 78.7 Å². The summed E-state index contributed by atoms with van der Waals surface area (Å²) in [7, 11) is 0. The Morgan fingerprint density at radius 1 is 1.28 bits per heavy atom. The van der Waals surface area contributed by atoms with Gasteiger partial charge in [0.15, 0.2) is 11.1 Å². The molecule has 0 radical (unpaired) electrons. The van der Waals surface area contributed by atoms with Crippen molar-refractivity contribution in [3.63, 3.8) is 0 Å². The van der Waals surface area contributed by atoms with Crippen LogP contribution in [-0.4, -0.2) is 22.4 Å². The molecular formula is C19H19ClN4O. The van der Waals surface area contributed by atoms with E-state index in [0.29, 0.717) is 17.6 Å². The predicted octanol–water partition coefficient (Wildman–Crippen LogP) is 3.90. The standard InChI is InChI=1S/C19H19ClN4O/c20-18-17(23-15-8-4-5-9-16(15)24-18)14(12-21)19(25)22-11-10-13-6-2-1-3-7-13/h4-6,8-9,14H,1-3,7,10-11H2,(H,22,25)/t14-/m0/s1. The summed E-state index contributed by atoms with van der Waals surface area (Å²) in [5.74, 6) is -1.45. The van der Waals surface area contributed by atoms with Crippen LogP contribution in [0.2, 0.25) is 5.15 Å². The highest BCUT2D eigenvalue weighted by Gasteiger charge is 2.25. The van der Waals surface area contributed by atoms with Gasteiger partial charge in [-0.25, -0.2) is 9.97 Å². The van der Waals surface area contributed by atoms with Gasteiger partial charge in [0.1, 0.15) is 5.69 Å². The third kappa shape index (κ3) is 4.15. The average Bonchev–Trinajstić information content (AvgIpc) is 2.63. The Labute approximate surface area is 151 Å². The number of hydrogen-bond donors (Lipinski definition) is 1. The number of nitrogens with one attached hydrogen (secondary N) is 1. The highest BCUT2D eigenvalue weighted by Crippen LogP contribution is 2.24. The van der Waals surface area contributed by atoms with Crippen LogP contribution in [0.15, 0.2) is 35.9 Å². The van der Waals surface area contributed by atoms with Gasteiger partial charge in [-0.05, 0) is 44.2 Å². The van der Waals surface area contributed by atoms with E-state index in [1.165, 1.54) is 18.4 Å². The van der Waals surface area contributed by atoms with Gasteiger partial charge in [0.2, 0.25) is 5.91 Å². The summed E-state index contributed by atoms with van der Waals surface area (Å²) in [5, 5.41) is 12.4. The number of rotatable bonds is 5. The molecule has 0 unspecified atom stereocenters. The second-order valence-electron chi connectivity index (χ2n) is 6.10. The normalized spacial score (nSPS) is 15.3. The molecule has 25 heavy (non-hydrogen) atoms. The number of carbonyl (C=O) groups is 1. The maximum Gasteiger partial charge on any atom is 0.243 e. The highest BCUT2D eigenvalue weighted by molar-refractivity contribution is 6.30. The van der Waals surface area contributed by atoms with Crippen molar-refractivity contribution in [1.82, 2.24) is 15.3 Å². The van der Waals surface area contributed by atoms with Gasteiger partial charge in [0.25, 0.3) is 0 Å². The molecule has 0 fully saturated rings. The highest BCUT2D eigenvalue weighted by atomic mass is 35.5. The molecule has 1 atom stereocenters. The van der Waals surface area contributed by atoms with Gasteiger partial charge < -0.3 is 5.32 Å². The van der Waals surface area contributed by atoms with E-state index in [-0.39, 0.29) is 16.8 Å². The lowest BCUT2D eigenvalue weighted by atomic mass is 9.97. The number of allylic oxidation sites excluding steroid dienone is 1. The van der Waals surface area contributed by atoms with Crippen LogP contribution in [0.3, 0.4) is 0 Å². The molecule has 1 aliphatic carbocycles. The van der Waals surface area contributed by atoms with E-state index in [1.807, 2.05) is 18.2 Å². The van der Waals surface area contributed by atoms with Crippen LogP contribution in [-0.2, 0) is 4.79 Å². The summed E-state index contributed by atoms with van der Waals surface area (Å²) in [6.07, 6.45) is 7.74. The Morgan fingerprint density at radius 2 is 2.04 bits per heavy atom. The van der Waals surface area contributed by atoms with Crippen LogP contribution < -0.4 is 5.32 Å². The fourth-order valence-electron chi connectivity index (χ4n) is 3.00. The SMILES string of the molecule is N#C[C@H](C(=O)NCCC1=CCCCC1)c1nc2ccccc2nc1Cl. The number of carbonyl (C=O) groups excluding carboxylic acids is 1. The Morgan fingerprint density at radius 3 is 2.72 bits per heavy atom. The number of aromatic nitrogens is 2. The smallest absolute Gasteiger partial charge is 0.243 e. The fraction of sp³-hybridized carbons (Fsp3) is 0.368. The first kappa shape index (κ1) is 17.4. The van der Waals surface area contributed by atoms with Crippen molar-refractivity contribution < 1.29 is 4.79 Å². The van der Waals surface area contributed by atoms with Crippen molar-refractivity contribution in [2.24, 2.45) is 0 Å². The van der Waals surface area contributed by atoms with E-state index in [2.05, 4.69) is 21.4 Å². The maximum atomic E-state index is 12.4. The molecule has 0 bridgehead atoms. The lowest BCUT2D eigenvalue weighted by Gasteiger charge is -2.14. The molecule has 1 heterocycles. The Hall–Kier alpha value is -2.45. The Kier molecular flexibility index (Phi) is 5.62. The average molecular weight is 355 g/mol. The largest absolute Gasteiger partial charge is 0.354 e. The molecular weight excluding hydrogens is 336 g/mol. The first-order valence-electron chi connectivity index (χ1n) is 8.46. The summed E-state index contributed by atoms with van der Waals surface area (Å²) in [4.78, 5) is 21.0. The molecule has 0 saturated carbocycles. The molecule has 0 saturated heterocycles. The molecule has 0 spiro atoms. The lowest BCUT2D eigenvalue weighted by molar-refractivity contribution is -0.121. The van der Waals surface area contributed by atoms with Crippen LogP contribution in [0.1, 0.15) is 43.7 Å². The van der Waals surface area contributed by atoms with Gasteiger partial charge in [-0.3, -0.25) is 4.79 Å². The number of para-hydroxylation sites is 2. The number of amides is 1. The molecule has 1 aromatic carbocycles. The molecule has 1 aromatic heterocycles. The monoisotopic (exact) mass is 354 g/mol. The van der Waals surface area contributed by atoms with Crippen LogP contribution in [0.25, 0.3) is 11.0 Å². The summed E-state index contributed by atoms with van der Waals surface area (Å²) in [6, 6.07) is 9.23. The van der Waals surface area contributed by atoms with Crippen LogP contribution in [0.5, 0.6) is 0 Å². The summed E-state index contributed by atoms with van der Waals surface area (Å²) >= 11 is 6.16. The number of hydrogen-bond acceptors (Lipinski definition) is 4. The predicted molar refractivity (Wildman–Crippen MR) is 97.1 cm³/mol. The first-order valence-corrected chi connectivity index (χ1v) is 8.84. The number of halogens is 1. The Bertz CT molecular complexity index is 856. The summed E-state index contributed by atoms with van der Waals surface area (Å²) in [6.45, 7) is 0.515. The zero-order chi connectivity index (χ0) is 17.6. The van der Waals surface area contributed by atoms with Crippen molar-refractivity contribution in [2.75, 3.05) is 6.54 Å². The van der Waals surface area contributed by atoms with E-state index in [9.17, 15) is 10.1 Å². The van der Waals surface area contributed by atoms with E-state index in [4.69, 9.17) is 11.6 Å². The fourth-order valence-corrected chi connectivity index (χ4v) is 3.24. The number of nitriles is 1. The molecule has 128 valence electrons. The van der Waals surface area contributed by atoms with E-state index in [1.54, 1.807) is 12.1 Å². The number of fused-ring (bicyclic) bond motifs is 1. The molecule has 1 aliphatic rings. The lowest BCUT2D eigenvalue weighted by Crippen LogP contribution is -2.30. The van der Waals surface area contributed by atoms with Gasteiger partial charge in [0.05, 0.1) is 17.1 Å². The van der Waals surface area contributed by atoms with Gasteiger partial charge in [-0.15, -0.1) is 0 Å². The third-order valence-corrected chi connectivity index (χ3v) is 4.63. The van der Waals surface area contributed by atoms with Crippen LogP contribution in [0.4, 0.5) is 0 Å². The van der Waals surface area contributed by atoms with E-state index >= 15 is 0 Å². The second kappa shape index (κ2) is 8.09. The van der Waals surface area contributed by atoms with Crippen molar-refractivity contribution in [2.45, 2.75) is 38.0 Å². The van der Waals surface area contributed by atoms with Gasteiger partial charge in [-0.2, -0.15) is 5.26 Å². The van der Waals surface area contributed by atoms with Gasteiger partial charge >= 0.3 is 0 Å². The van der Waals surface area contributed by atoms with E-state index in [0.717, 1.165) is 19.3 Å². The summed E-state index contributed by atoms with van der Waals surface area (Å²) < 4.78 is 0. The minimum atomic E-state index is -1.06. The van der Waals surface area contributed by atoms with Crippen molar-refractivity contribution in [3.8, 4) is 6.07 Å². The molecule has 1 amide bonds. The van der Waals surface area contributed by atoms with Crippen molar-refractivity contribution >= 4 is 28.5 Å². The summed E-state index contributed by atoms with van der Waals surface area (Å²) in [5.41, 5.74) is 2.83. The van der Waals surface area contributed by atoms with Gasteiger partial charge in [-0.1, -0.05) is 35.4 Å². The zero-order valence-electron chi connectivity index (χ0n) is 13.8. The molecule has 3 rings (SSSR count). The van der Waals surface area contributed by atoms with Crippen LogP contribution in [0, 0.1) is 11.3 Å². The minimum Gasteiger partial charge on any atom is -0.354 e. The van der Waals surface area contributed by atoms with Crippen molar-refractivity contribution in [1.29, 1.82) is 5.26 Å². The zero-order valence-corrected chi connectivity index (χ0v) is 14.6. The molecule has 1 N–H and O–H groups in total. The second-order valence-corrected chi connectivity index (χ2v) is 6.46. The molecule has 0 aliphatic heterocycles. The molecule has 6 heteroatoms. The van der Waals surface area contributed by atoms with Crippen LogP contribution >= 0.6 is 11.6 Å². The first-order chi connectivity index (χ1) is 12.2. The molecule has 5 nitrogen and oxygen atoms in total. The Balaban J connectivity index is 1.71. The van der Waals surface area contributed by atoms with E-state index < -0.39 is 5.92 Å². The number of nitrogens with zero attached hydrogens (tertiary/aromatic N) is 3. The van der Waals surface area contributed by atoms with Gasteiger partial charge in [0, 0.05) is 6.54 Å². The minimum absolute atomic E-state index is 0.0930. The quantitative estimate of drug-likeness (QED) is 0.826. The van der Waals surface area contributed by atoms with Crippen molar-refractivity contribution in [3.05, 3.63) is 46.8 Å². The maximum absolute atomic E-state index is 12.4. The third-order valence-electron chi connectivity index (χ3n) is 4.35.